The summed E-state index contributed by atoms with van der Waals surface area (Å²) in [7, 11) is 0. The fraction of sp³-hybridized carbons (Fsp3) is 0.250. The van der Waals surface area contributed by atoms with Gasteiger partial charge in [0.05, 0.1) is 22.1 Å². The highest BCUT2D eigenvalue weighted by Crippen LogP contribution is 2.31. The van der Waals surface area contributed by atoms with Crippen molar-refractivity contribution in [3.05, 3.63) is 79.7 Å². The van der Waals surface area contributed by atoms with Crippen molar-refractivity contribution in [2.45, 2.75) is 25.2 Å². The van der Waals surface area contributed by atoms with E-state index < -0.39 is 11.8 Å². The molecule has 2 heterocycles. The zero-order valence-electron chi connectivity index (χ0n) is 18.1. The number of anilines is 1. The first-order chi connectivity index (χ1) is 16.3. The van der Waals surface area contributed by atoms with Crippen LogP contribution in [-0.2, 0) is 11.2 Å². The number of carbonyl (C=O) groups excluding carboxylic acids is 3. The van der Waals surface area contributed by atoms with Crippen LogP contribution < -0.4 is 11.1 Å². The van der Waals surface area contributed by atoms with E-state index in [1.807, 2.05) is 23.1 Å². The van der Waals surface area contributed by atoms with E-state index in [1.165, 1.54) is 29.5 Å². The summed E-state index contributed by atoms with van der Waals surface area (Å²) in [5, 5.41) is 6.14. The molecule has 0 spiro atoms. The van der Waals surface area contributed by atoms with Crippen LogP contribution in [0.5, 0.6) is 0 Å². The second-order valence-corrected chi connectivity index (χ2v) is 9.71. The van der Waals surface area contributed by atoms with Crippen LogP contribution in [0.3, 0.4) is 0 Å². The lowest BCUT2D eigenvalue weighted by Gasteiger charge is -2.31. The van der Waals surface area contributed by atoms with Gasteiger partial charge in [-0.15, -0.1) is 11.3 Å². The van der Waals surface area contributed by atoms with E-state index in [0.717, 1.165) is 23.4 Å². The van der Waals surface area contributed by atoms with Crippen molar-refractivity contribution in [1.82, 2.24) is 9.88 Å². The number of rotatable bonds is 6. The molecular formula is C24H22Cl2N4O3S. The Morgan fingerprint density at radius 3 is 2.53 bits per heavy atom. The van der Waals surface area contributed by atoms with Gasteiger partial charge in [-0.3, -0.25) is 14.4 Å². The first-order valence-electron chi connectivity index (χ1n) is 10.7. The number of nitrogens with one attached hydrogen (secondary N) is 1. The molecule has 1 aromatic heterocycles. The molecule has 3 amide bonds. The quantitative estimate of drug-likeness (QED) is 0.492. The average Bonchev–Trinajstić information content (AvgIpc) is 3.32. The number of hydrogen-bond donors (Lipinski definition) is 2. The number of likely N-dealkylation sites (tertiary alicyclic amines) is 1. The molecule has 0 saturated carbocycles. The second kappa shape index (κ2) is 10.5. The molecule has 7 nitrogen and oxygen atoms in total. The first kappa shape index (κ1) is 24.2. The van der Waals surface area contributed by atoms with Crippen LogP contribution in [0, 0.1) is 0 Å². The number of benzene rings is 2. The molecule has 1 aliphatic heterocycles. The van der Waals surface area contributed by atoms with Gasteiger partial charge in [-0.2, -0.15) is 0 Å². The molecule has 3 N–H and O–H groups in total. The molecule has 0 unspecified atom stereocenters. The van der Waals surface area contributed by atoms with Crippen molar-refractivity contribution in [3.63, 3.8) is 0 Å². The van der Waals surface area contributed by atoms with Crippen LogP contribution in [-0.4, -0.2) is 40.7 Å². The van der Waals surface area contributed by atoms with E-state index in [-0.39, 0.29) is 29.5 Å². The molecule has 0 atom stereocenters. The average molecular weight is 517 g/mol. The topological polar surface area (TPSA) is 105 Å². The van der Waals surface area contributed by atoms with Crippen LogP contribution in [0.25, 0.3) is 0 Å². The molecule has 4 rings (SSSR count). The minimum atomic E-state index is -0.611. The molecule has 0 bridgehead atoms. The molecule has 0 radical (unpaired) electrons. The summed E-state index contributed by atoms with van der Waals surface area (Å²) >= 11 is 13.7. The molecule has 10 heteroatoms. The summed E-state index contributed by atoms with van der Waals surface area (Å²) in [5.74, 6) is -0.795. The molecule has 3 aromatic rings. The summed E-state index contributed by atoms with van der Waals surface area (Å²) in [5.41, 5.74) is 6.94. The van der Waals surface area contributed by atoms with Gasteiger partial charge in [-0.25, -0.2) is 4.98 Å². The van der Waals surface area contributed by atoms with Gasteiger partial charge >= 0.3 is 0 Å². The van der Waals surface area contributed by atoms with E-state index in [2.05, 4.69) is 10.3 Å². The summed E-state index contributed by atoms with van der Waals surface area (Å²) in [6.07, 6.45) is 1.83. The summed E-state index contributed by atoms with van der Waals surface area (Å²) in [4.78, 5) is 43.1. The van der Waals surface area contributed by atoms with Crippen molar-refractivity contribution in [2.24, 2.45) is 5.73 Å². The van der Waals surface area contributed by atoms with Gasteiger partial charge in [0.15, 0.2) is 0 Å². The van der Waals surface area contributed by atoms with Crippen LogP contribution in [0.15, 0.2) is 47.8 Å². The summed E-state index contributed by atoms with van der Waals surface area (Å²) in [6, 6.07) is 11.8. The highest BCUT2D eigenvalue weighted by atomic mass is 35.5. The number of thiazole rings is 1. The number of hydrogen-bond acceptors (Lipinski definition) is 5. The Labute approximate surface area is 210 Å². The van der Waals surface area contributed by atoms with E-state index >= 15 is 0 Å². The predicted molar refractivity (Wildman–Crippen MR) is 134 cm³/mol. The number of aromatic nitrogens is 1. The van der Waals surface area contributed by atoms with Crippen LogP contribution in [0.4, 0.5) is 5.69 Å². The van der Waals surface area contributed by atoms with Crippen molar-refractivity contribution >= 4 is 57.9 Å². The Kier molecular flexibility index (Phi) is 7.50. The van der Waals surface area contributed by atoms with Gasteiger partial charge in [-0.05, 0) is 42.7 Å². The molecule has 1 aliphatic rings. The largest absolute Gasteiger partial charge is 0.366 e. The normalized spacial score (nSPS) is 14.1. The second-order valence-electron chi connectivity index (χ2n) is 8.01. The summed E-state index contributed by atoms with van der Waals surface area (Å²) in [6.45, 7) is 1.26. The molecule has 1 fully saturated rings. The molecule has 0 aliphatic carbocycles. The van der Waals surface area contributed by atoms with Gasteiger partial charge in [0.25, 0.3) is 5.91 Å². The molecule has 34 heavy (non-hydrogen) atoms. The van der Waals surface area contributed by atoms with E-state index in [9.17, 15) is 14.4 Å². The van der Waals surface area contributed by atoms with E-state index in [1.54, 1.807) is 11.4 Å². The highest BCUT2D eigenvalue weighted by Gasteiger charge is 2.27. The number of halogens is 2. The van der Waals surface area contributed by atoms with Gasteiger partial charge in [0.2, 0.25) is 11.8 Å². The van der Waals surface area contributed by atoms with Crippen LogP contribution >= 0.6 is 34.5 Å². The predicted octanol–water partition coefficient (Wildman–Crippen LogP) is 4.75. The molecular weight excluding hydrogens is 495 g/mol. The number of carbonyl (C=O) groups is 3. The third kappa shape index (κ3) is 5.58. The van der Waals surface area contributed by atoms with Crippen molar-refractivity contribution < 1.29 is 14.4 Å². The fourth-order valence-electron chi connectivity index (χ4n) is 3.83. The fourth-order valence-corrected chi connectivity index (χ4v) is 5.17. The maximum Gasteiger partial charge on any atom is 0.275 e. The number of primary amides is 1. The Balaban J connectivity index is 1.35. The van der Waals surface area contributed by atoms with E-state index in [0.29, 0.717) is 28.8 Å². The van der Waals surface area contributed by atoms with Crippen molar-refractivity contribution in [2.75, 3.05) is 18.4 Å². The lowest BCUT2D eigenvalue weighted by atomic mass is 9.97. The third-order valence-electron chi connectivity index (χ3n) is 5.75. The summed E-state index contributed by atoms with van der Waals surface area (Å²) < 4.78 is 0. The van der Waals surface area contributed by atoms with E-state index in [4.69, 9.17) is 28.9 Å². The maximum absolute atomic E-state index is 12.7. The van der Waals surface area contributed by atoms with Crippen LogP contribution in [0.2, 0.25) is 10.0 Å². The SMILES string of the molecule is NC(=O)c1ccc(Cl)c(NC(=O)c2csc(C3CCN(C(=O)Cc4ccccc4Cl)CC3)n2)c1. The van der Waals surface area contributed by atoms with Gasteiger partial charge in [-0.1, -0.05) is 41.4 Å². The molecule has 176 valence electrons. The van der Waals surface area contributed by atoms with Crippen LogP contribution in [0.1, 0.15) is 50.2 Å². The number of amides is 3. The van der Waals surface area contributed by atoms with Crippen molar-refractivity contribution in [1.29, 1.82) is 0 Å². The zero-order valence-corrected chi connectivity index (χ0v) is 20.4. The highest BCUT2D eigenvalue weighted by molar-refractivity contribution is 7.10. The zero-order chi connectivity index (χ0) is 24.2. The third-order valence-corrected chi connectivity index (χ3v) is 7.46. The van der Waals surface area contributed by atoms with Gasteiger partial charge in [0.1, 0.15) is 5.69 Å². The molecule has 1 saturated heterocycles. The monoisotopic (exact) mass is 516 g/mol. The Morgan fingerprint density at radius 2 is 1.82 bits per heavy atom. The van der Waals surface area contributed by atoms with Crippen molar-refractivity contribution in [3.8, 4) is 0 Å². The Bertz CT molecular complexity index is 1240. The molecule has 2 aromatic carbocycles. The Morgan fingerprint density at radius 1 is 1.09 bits per heavy atom. The standard InChI is InChI=1S/C24H22Cl2N4O3S/c25-17-4-2-1-3-15(17)12-21(31)30-9-7-14(8-10-30)24-29-20(13-34-24)23(33)28-19-11-16(22(27)32)5-6-18(19)26/h1-6,11,13-14H,7-10,12H2,(H2,27,32)(H,28,33). The van der Waals surface area contributed by atoms with Gasteiger partial charge in [0, 0.05) is 35.0 Å². The lowest BCUT2D eigenvalue weighted by molar-refractivity contribution is -0.131. The minimum Gasteiger partial charge on any atom is -0.366 e. The number of nitrogens with two attached hydrogens (primary N) is 1. The Hall–Kier alpha value is -2.94. The number of nitrogens with zero attached hydrogens (tertiary/aromatic N) is 2. The minimum absolute atomic E-state index is 0.0563. The maximum atomic E-state index is 12.7. The smallest absolute Gasteiger partial charge is 0.275 e. The van der Waals surface area contributed by atoms with Gasteiger partial charge < -0.3 is 16.0 Å². The number of piperidine rings is 1. The first-order valence-corrected chi connectivity index (χ1v) is 12.3. The lowest BCUT2D eigenvalue weighted by Crippen LogP contribution is -2.38.